The van der Waals surface area contributed by atoms with E-state index in [-0.39, 0.29) is 0 Å². The molecule has 1 aliphatic heterocycles. The summed E-state index contributed by atoms with van der Waals surface area (Å²) in [7, 11) is 0. The van der Waals surface area contributed by atoms with Crippen LogP contribution < -0.4 is 10.6 Å². The maximum absolute atomic E-state index is 5.48. The molecule has 0 radical (unpaired) electrons. The van der Waals surface area contributed by atoms with Crippen molar-refractivity contribution in [1.82, 2.24) is 5.32 Å². The van der Waals surface area contributed by atoms with E-state index in [1.807, 2.05) is 0 Å². The van der Waals surface area contributed by atoms with Gasteiger partial charge in [0.15, 0.2) is 0 Å². The second-order valence-electron chi connectivity index (χ2n) is 4.97. The molecule has 0 aromatic heterocycles. The molecule has 1 aliphatic rings. The van der Waals surface area contributed by atoms with Crippen LogP contribution >= 0.6 is 22.6 Å². The number of hydrogen-bond acceptors (Lipinski definition) is 3. The molecule has 18 heavy (non-hydrogen) atoms. The van der Waals surface area contributed by atoms with E-state index in [0.29, 0.717) is 12.1 Å². The smallest absolute Gasteiger partial charge is 0.0621 e. The summed E-state index contributed by atoms with van der Waals surface area (Å²) in [6, 6.07) is 7.44. The van der Waals surface area contributed by atoms with E-state index in [1.54, 1.807) is 0 Å². The van der Waals surface area contributed by atoms with Gasteiger partial charge in [0.05, 0.1) is 13.2 Å². The topological polar surface area (TPSA) is 33.3 Å². The van der Waals surface area contributed by atoms with Crippen LogP contribution in [-0.4, -0.2) is 31.8 Å². The van der Waals surface area contributed by atoms with Gasteiger partial charge in [-0.15, -0.1) is 0 Å². The van der Waals surface area contributed by atoms with E-state index in [9.17, 15) is 0 Å². The Balaban J connectivity index is 1.87. The molecule has 4 heteroatoms. The summed E-state index contributed by atoms with van der Waals surface area (Å²) in [5.41, 5.74) is 2.54. The van der Waals surface area contributed by atoms with Gasteiger partial charge in [-0.25, -0.2) is 0 Å². The molecular weight excluding hydrogens is 339 g/mol. The van der Waals surface area contributed by atoms with Crippen LogP contribution in [0.3, 0.4) is 0 Å². The minimum atomic E-state index is 0.447. The SMILES string of the molecule is Cc1cc(I)ccc1NC(C)CC1COCCN1. The third kappa shape index (κ3) is 4.10. The molecule has 2 N–H and O–H groups in total. The fraction of sp³-hybridized carbons (Fsp3) is 0.571. The van der Waals surface area contributed by atoms with E-state index in [4.69, 9.17) is 4.74 Å². The fourth-order valence-electron chi connectivity index (χ4n) is 2.31. The highest BCUT2D eigenvalue weighted by atomic mass is 127. The third-order valence-corrected chi connectivity index (χ3v) is 3.90. The quantitative estimate of drug-likeness (QED) is 0.811. The summed E-state index contributed by atoms with van der Waals surface area (Å²) in [5, 5.41) is 7.08. The molecule has 0 saturated carbocycles. The van der Waals surface area contributed by atoms with Gasteiger partial charge in [0.1, 0.15) is 0 Å². The molecule has 3 nitrogen and oxygen atoms in total. The predicted molar refractivity (Wildman–Crippen MR) is 84.2 cm³/mol. The Labute approximate surface area is 123 Å². The first-order valence-electron chi connectivity index (χ1n) is 6.49. The van der Waals surface area contributed by atoms with Gasteiger partial charge in [-0.3, -0.25) is 0 Å². The fourth-order valence-corrected chi connectivity index (χ4v) is 2.96. The van der Waals surface area contributed by atoms with Gasteiger partial charge in [0.25, 0.3) is 0 Å². The van der Waals surface area contributed by atoms with Crippen LogP contribution in [0.15, 0.2) is 18.2 Å². The van der Waals surface area contributed by atoms with Gasteiger partial charge >= 0.3 is 0 Å². The van der Waals surface area contributed by atoms with Crippen LogP contribution in [0.25, 0.3) is 0 Å². The monoisotopic (exact) mass is 360 g/mol. The molecule has 2 atom stereocenters. The number of ether oxygens (including phenoxy) is 1. The van der Waals surface area contributed by atoms with Crippen LogP contribution in [-0.2, 0) is 4.74 Å². The van der Waals surface area contributed by atoms with Crippen LogP contribution in [0.5, 0.6) is 0 Å². The van der Waals surface area contributed by atoms with Crippen molar-refractivity contribution in [2.24, 2.45) is 0 Å². The van der Waals surface area contributed by atoms with Crippen molar-refractivity contribution in [3.8, 4) is 0 Å². The number of halogens is 1. The molecule has 1 aromatic rings. The van der Waals surface area contributed by atoms with Crippen molar-refractivity contribution in [2.75, 3.05) is 25.1 Å². The van der Waals surface area contributed by atoms with Gasteiger partial charge in [-0.1, -0.05) is 0 Å². The number of hydrogen-bond donors (Lipinski definition) is 2. The van der Waals surface area contributed by atoms with Crippen molar-refractivity contribution in [3.63, 3.8) is 0 Å². The Kier molecular flexibility index (Phi) is 5.26. The van der Waals surface area contributed by atoms with Crippen LogP contribution in [0, 0.1) is 10.5 Å². The summed E-state index contributed by atoms with van der Waals surface area (Å²) in [6.45, 7) is 7.03. The van der Waals surface area contributed by atoms with E-state index in [0.717, 1.165) is 26.2 Å². The molecule has 2 unspecified atom stereocenters. The average Bonchev–Trinajstić information content (AvgIpc) is 2.34. The van der Waals surface area contributed by atoms with Gasteiger partial charge in [-0.2, -0.15) is 0 Å². The highest BCUT2D eigenvalue weighted by Gasteiger charge is 2.16. The second-order valence-corrected chi connectivity index (χ2v) is 6.21. The number of nitrogens with one attached hydrogen (secondary N) is 2. The highest BCUT2D eigenvalue weighted by molar-refractivity contribution is 14.1. The zero-order valence-electron chi connectivity index (χ0n) is 11.0. The zero-order chi connectivity index (χ0) is 13.0. The van der Waals surface area contributed by atoms with Crippen molar-refractivity contribution < 1.29 is 4.74 Å². The average molecular weight is 360 g/mol. The van der Waals surface area contributed by atoms with Gasteiger partial charge in [0, 0.05) is 27.9 Å². The number of morpholine rings is 1. The molecule has 1 aromatic carbocycles. The summed E-state index contributed by atoms with van der Waals surface area (Å²) in [4.78, 5) is 0. The Morgan fingerprint density at radius 2 is 2.39 bits per heavy atom. The van der Waals surface area contributed by atoms with Crippen molar-refractivity contribution in [3.05, 3.63) is 27.3 Å². The molecular formula is C14H21IN2O. The maximum atomic E-state index is 5.48. The van der Waals surface area contributed by atoms with E-state index >= 15 is 0 Å². The number of aryl methyl sites for hydroxylation is 1. The number of rotatable bonds is 4. The minimum Gasteiger partial charge on any atom is -0.382 e. The normalized spacial score (nSPS) is 21.6. The van der Waals surface area contributed by atoms with Crippen LogP contribution in [0.4, 0.5) is 5.69 Å². The maximum Gasteiger partial charge on any atom is 0.0621 e. The highest BCUT2D eigenvalue weighted by Crippen LogP contribution is 2.19. The summed E-state index contributed by atoms with van der Waals surface area (Å²) in [6.07, 6.45) is 1.09. The summed E-state index contributed by atoms with van der Waals surface area (Å²) in [5.74, 6) is 0. The number of anilines is 1. The molecule has 2 rings (SSSR count). The first-order chi connectivity index (χ1) is 8.65. The Morgan fingerprint density at radius 1 is 1.56 bits per heavy atom. The second kappa shape index (κ2) is 6.73. The third-order valence-electron chi connectivity index (χ3n) is 3.23. The Bertz CT molecular complexity index is 391. The van der Waals surface area contributed by atoms with Crippen molar-refractivity contribution in [2.45, 2.75) is 32.4 Å². The lowest BCUT2D eigenvalue weighted by atomic mass is 10.1. The summed E-state index contributed by atoms with van der Waals surface area (Å²) >= 11 is 2.35. The molecule has 100 valence electrons. The largest absolute Gasteiger partial charge is 0.382 e. The standard InChI is InChI=1S/C14H21IN2O/c1-10-7-12(15)3-4-14(10)17-11(2)8-13-9-18-6-5-16-13/h3-4,7,11,13,16-17H,5-6,8-9H2,1-2H3. The van der Waals surface area contributed by atoms with Crippen LogP contribution in [0.1, 0.15) is 18.9 Å². The Morgan fingerprint density at radius 3 is 3.06 bits per heavy atom. The zero-order valence-corrected chi connectivity index (χ0v) is 13.2. The molecule has 0 amide bonds. The summed E-state index contributed by atoms with van der Waals surface area (Å²) < 4.78 is 6.76. The lowest BCUT2D eigenvalue weighted by molar-refractivity contribution is 0.0731. The lowest BCUT2D eigenvalue weighted by Gasteiger charge is -2.27. The van der Waals surface area contributed by atoms with Gasteiger partial charge < -0.3 is 15.4 Å². The molecule has 0 spiro atoms. The molecule has 1 fully saturated rings. The molecule has 0 bridgehead atoms. The first-order valence-corrected chi connectivity index (χ1v) is 7.57. The van der Waals surface area contributed by atoms with Crippen molar-refractivity contribution >= 4 is 28.3 Å². The predicted octanol–water partition coefficient (Wildman–Crippen LogP) is 2.78. The molecule has 0 aliphatic carbocycles. The van der Waals surface area contributed by atoms with E-state index in [2.05, 4.69) is 65.3 Å². The molecule has 1 heterocycles. The minimum absolute atomic E-state index is 0.447. The van der Waals surface area contributed by atoms with Gasteiger partial charge in [0.2, 0.25) is 0 Å². The Hall–Kier alpha value is -0.330. The van der Waals surface area contributed by atoms with Crippen LogP contribution in [0.2, 0.25) is 0 Å². The first kappa shape index (κ1) is 14.1. The van der Waals surface area contributed by atoms with E-state index in [1.165, 1.54) is 14.8 Å². The van der Waals surface area contributed by atoms with Crippen molar-refractivity contribution in [1.29, 1.82) is 0 Å². The number of benzene rings is 1. The molecule has 1 saturated heterocycles. The van der Waals surface area contributed by atoms with E-state index < -0.39 is 0 Å². The van der Waals surface area contributed by atoms with Gasteiger partial charge in [-0.05, 0) is 66.6 Å². The lowest BCUT2D eigenvalue weighted by Crippen LogP contribution is -2.43.